The quantitative estimate of drug-likeness (QED) is 0.740. The molecule has 0 radical (unpaired) electrons. The van der Waals surface area contributed by atoms with Gasteiger partial charge in [-0.3, -0.25) is 9.69 Å². The van der Waals surface area contributed by atoms with Crippen molar-refractivity contribution in [3.63, 3.8) is 0 Å². The third-order valence-electron chi connectivity index (χ3n) is 4.04. The van der Waals surface area contributed by atoms with Crippen LogP contribution in [0.2, 0.25) is 0 Å². The van der Waals surface area contributed by atoms with E-state index in [4.69, 9.17) is 0 Å². The highest BCUT2D eigenvalue weighted by molar-refractivity contribution is 5.78. The van der Waals surface area contributed by atoms with E-state index in [0.29, 0.717) is 12.6 Å². The van der Waals surface area contributed by atoms with Gasteiger partial charge < -0.3 is 10.6 Å². The lowest BCUT2D eigenvalue weighted by Gasteiger charge is -2.35. The van der Waals surface area contributed by atoms with Crippen molar-refractivity contribution in [1.82, 2.24) is 15.5 Å². The van der Waals surface area contributed by atoms with E-state index in [1.165, 1.54) is 0 Å². The SMILES string of the molecule is CCCN(CC(=O)NC(C)(C)CC)C1CCNCC1. The van der Waals surface area contributed by atoms with E-state index in [-0.39, 0.29) is 11.4 Å². The third kappa shape index (κ3) is 5.91. The maximum Gasteiger partial charge on any atom is 0.234 e. The predicted molar refractivity (Wildman–Crippen MR) is 80.3 cm³/mol. The van der Waals surface area contributed by atoms with E-state index in [9.17, 15) is 4.79 Å². The van der Waals surface area contributed by atoms with Crippen LogP contribution in [0.4, 0.5) is 0 Å². The second kappa shape index (κ2) is 7.85. The lowest BCUT2D eigenvalue weighted by atomic mass is 10.0. The molecule has 1 amide bonds. The molecule has 0 bridgehead atoms. The molecule has 1 heterocycles. The Morgan fingerprint density at radius 1 is 1.32 bits per heavy atom. The molecule has 1 aliphatic rings. The molecule has 1 rings (SSSR count). The van der Waals surface area contributed by atoms with Crippen molar-refractivity contribution in [3.05, 3.63) is 0 Å². The zero-order chi connectivity index (χ0) is 14.3. The van der Waals surface area contributed by atoms with Crippen LogP contribution in [0.1, 0.15) is 53.4 Å². The summed E-state index contributed by atoms with van der Waals surface area (Å²) in [6.07, 6.45) is 4.38. The van der Waals surface area contributed by atoms with Gasteiger partial charge in [-0.15, -0.1) is 0 Å². The van der Waals surface area contributed by atoms with Gasteiger partial charge >= 0.3 is 0 Å². The number of carbonyl (C=O) groups is 1. The Hall–Kier alpha value is -0.610. The van der Waals surface area contributed by atoms with Crippen molar-refractivity contribution in [1.29, 1.82) is 0 Å². The maximum absolute atomic E-state index is 12.2. The van der Waals surface area contributed by atoms with Gasteiger partial charge in [0, 0.05) is 11.6 Å². The molecule has 0 aromatic heterocycles. The Labute approximate surface area is 118 Å². The highest BCUT2D eigenvalue weighted by atomic mass is 16.2. The first-order valence-electron chi connectivity index (χ1n) is 7.74. The second-order valence-electron chi connectivity index (χ2n) is 6.24. The fourth-order valence-corrected chi connectivity index (χ4v) is 2.54. The van der Waals surface area contributed by atoms with Crippen molar-refractivity contribution in [2.24, 2.45) is 0 Å². The molecule has 4 nitrogen and oxygen atoms in total. The molecular formula is C15H31N3O. The van der Waals surface area contributed by atoms with Crippen LogP contribution in [-0.2, 0) is 4.79 Å². The van der Waals surface area contributed by atoms with Crippen LogP contribution in [0, 0.1) is 0 Å². The minimum absolute atomic E-state index is 0.0942. The molecule has 1 fully saturated rings. The van der Waals surface area contributed by atoms with Gasteiger partial charge in [-0.25, -0.2) is 0 Å². The Morgan fingerprint density at radius 3 is 2.47 bits per heavy atom. The Balaban J connectivity index is 2.50. The number of hydrogen-bond acceptors (Lipinski definition) is 3. The average molecular weight is 269 g/mol. The Morgan fingerprint density at radius 2 is 1.95 bits per heavy atom. The van der Waals surface area contributed by atoms with Crippen molar-refractivity contribution in [2.45, 2.75) is 65.0 Å². The summed E-state index contributed by atoms with van der Waals surface area (Å²) in [6.45, 7) is 12.2. The second-order valence-corrected chi connectivity index (χ2v) is 6.24. The molecular weight excluding hydrogens is 238 g/mol. The van der Waals surface area contributed by atoms with Gasteiger partial charge in [0.25, 0.3) is 0 Å². The molecule has 19 heavy (non-hydrogen) atoms. The molecule has 0 spiro atoms. The molecule has 0 aromatic carbocycles. The van der Waals surface area contributed by atoms with Crippen LogP contribution < -0.4 is 10.6 Å². The highest BCUT2D eigenvalue weighted by Gasteiger charge is 2.24. The fraction of sp³-hybridized carbons (Fsp3) is 0.933. The zero-order valence-electron chi connectivity index (χ0n) is 13.1. The number of carbonyl (C=O) groups excluding carboxylic acids is 1. The van der Waals surface area contributed by atoms with Crippen molar-refractivity contribution in [3.8, 4) is 0 Å². The van der Waals surface area contributed by atoms with Crippen LogP contribution in [0.5, 0.6) is 0 Å². The monoisotopic (exact) mass is 269 g/mol. The molecule has 0 aliphatic carbocycles. The molecule has 0 atom stereocenters. The molecule has 1 aliphatic heterocycles. The van der Waals surface area contributed by atoms with Crippen molar-refractivity contribution in [2.75, 3.05) is 26.2 Å². The summed E-state index contributed by atoms with van der Waals surface area (Å²) in [6, 6.07) is 0.566. The Bertz CT molecular complexity index is 273. The first-order chi connectivity index (χ1) is 8.98. The molecule has 1 saturated heterocycles. The number of hydrogen-bond donors (Lipinski definition) is 2. The van der Waals surface area contributed by atoms with Gasteiger partial charge in [0.1, 0.15) is 0 Å². The lowest BCUT2D eigenvalue weighted by Crippen LogP contribution is -2.51. The maximum atomic E-state index is 12.2. The van der Waals surface area contributed by atoms with Crippen LogP contribution in [0.3, 0.4) is 0 Å². The zero-order valence-corrected chi connectivity index (χ0v) is 13.1. The fourth-order valence-electron chi connectivity index (χ4n) is 2.54. The number of rotatable bonds is 7. The molecule has 0 saturated carbocycles. The van der Waals surface area contributed by atoms with Crippen LogP contribution in [-0.4, -0.2) is 48.6 Å². The number of amides is 1. The normalized spacial score (nSPS) is 17.7. The third-order valence-corrected chi connectivity index (χ3v) is 4.04. The van der Waals surface area contributed by atoms with E-state index in [2.05, 4.69) is 43.2 Å². The van der Waals surface area contributed by atoms with Gasteiger partial charge in [-0.1, -0.05) is 13.8 Å². The molecule has 0 aromatic rings. The average Bonchev–Trinajstić information content (AvgIpc) is 2.38. The standard InChI is InChI=1S/C15H31N3O/c1-5-11-18(13-7-9-16-10-8-13)12-14(19)17-15(3,4)6-2/h13,16H,5-12H2,1-4H3,(H,17,19). The van der Waals surface area contributed by atoms with E-state index >= 15 is 0 Å². The van der Waals surface area contributed by atoms with E-state index < -0.39 is 0 Å². The smallest absolute Gasteiger partial charge is 0.234 e. The van der Waals surface area contributed by atoms with Gasteiger partial charge in [0.2, 0.25) is 5.91 Å². The molecule has 2 N–H and O–H groups in total. The minimum Gasteiger partial charge on any atom is -0.350 e. The first kappa shape index (κ1) is 16.4. The molecule has 112 valence electrons. The summed E-state index contributed by atoms with van der Waals surface area (Å²) in [5.74, 6) is 0.166. The summed E-state index contributed by atoms with van der Waals surface area (Å²) < 4.78 is 0. The first-order valence-corrected chi connectivity index (χ1v) is 7.74. The van der Waals surface area contributed by atoms with Gasteiger partial charge in [0.05, 0.1) is 6.54 Å². The van der Waals surface area contributed by atoms with E-state index in [0.717, 1.165) is 45.3 Å². The number of nitrogens with one attached hydrogen (secondary N) is 2. The summed E-state index contributed by atoms with van der Waals surface area (Å²) >= 11 is 0. The summed E-state index contributed by atoms with van der Waals surface area (Å²) in [5.41, 5.74) is -0.0942. The van der Waals surface area contributed by atoms with Crippen molar-refractivity contribution >= 4 is 5.91 Å². The summed E-state index contributed by atoms with van der Waals surface area (Å²) in [5, 5.41) is 6.52. The predicted octanol–water partition coefficient (Wildman–Crippen LogP) is 1.76. The lowest BCUT2D eigenvalue weighted by molar-refractivity contribution is -0.124. The number of nitrogens with zero attached hydrogens (tertiary/aromatic N) is 1. The van der Waals surface area contributed by atoms with Crippen LogP contribution in [0.15, 0.2) is 0 Å². The van der Waals surface area contributed by atoms with Crippen molar-refractivity contribution < 1.29 is 4.79 Å². The summed E-state index contributed by atoms with van der Waals surface area (Å²) in [7, 11) is 0. The molecule has 0 unspecified atom stereocenters. The van der Waals surface area contributed by atoms with Gasteiger partial charge in [0.15, 0.2) is 0 Å². The Kier molecular flexibility index (Phi) is 6.80. The number of piperidine rings is 1. The van der Waals surface area contributed by atoms with E-state index in [1.54, 1.807) is 0 Å². The van der Waals surface area contributed by atoms with Crippen LogP contribution in [0.25, 0.3) is 0 Å². The topological polar surface area (TPSA) is 44.4 Å². The summed E-state index contributed by atoms with van der Waals surface area (Å²) in [4.78, 5) is 14.5. The largest absolute Gasteiger partial charge is 0.350 e. The molecule has 4 heteroatoms. The van der Waals surface area contributed by atoms with Gasteiger partial charge in [-0.05, 0) is 59.2 Å². The van der Waals surface area contributed by atoms with E-state index in [1.807, 2.05) is 0 Å². The van der Waals surface area contributed by atoms with Gasteiger partial charge in [-0.2, -0.15) is 0 Å². The van der Waals surface area contributed by atoms with Crippen LogP contribution >= 0.6 is 0 Å². The minimum atomic E-state index is -0.0942. The highest BCUT2D eigenvalue weighted by Crippen LogP contribution is 2.13.